The first-order valence-electron chi connectivity index (χ1n) is 7.05. The van der Waals surface area contributed by atoms with Gasteiger partial charge in [-0.05, 0) is 43.9 Å². The normalized spacial score (nSPS) is 15.9. The van der Waals surface area contributed by atoms with Crippen LogP contribution in [-0.4, -0.2) is 16.0 Å². The molecule has 0 saturated heterocycles. The molecule has 1 saturated carbocycles. The summed E-state index contributed by atoms with van der Waals surface area (Å²) in [6.45, 7) is 2.03. The van der Waals surface area contributed by atoms with Crippen LogP contribution in [0.3, 0.4) is 0 Å². The molecule has 1 unspecified atom stereocenters. The first-order valence-corrected chi connectivity index (χ1v) is 7.05. The van der Waals surface area contributed by atoms with E-state index < -0.39 is 0 Å². The van der Waals surface area contributed by atoms with Gasteiger partial charge in [-0.15, -0.1) is 0 Å². The first-order chi connectivity index (χ1) is 9.72. The zero-order valence-electron chi connectivity index (χ0n) is 11.5. The van der Waals surface area contributed by atoms with E-state index in [-0.39, 0.29) is 11.9 Å². The van der Waals surface area contributed by atoms with Crippen LogP contribution < -0.4 is 5.32 Å². The first kappa shape index (κ1) is 13.0. The van der Waals surface area contributed by atoms with E-state index in [1.165, 1.54) is 18.9 Å². The molecule has 1 fully saturated rings. The van der Waals surface area contributed by atoms with E-state index >= 15 is 0 Å². The molecule has 1 aliphatic carbocycles. The monoisotopic (exact) mass is 271 g/mol. The Morgan fingerprint density at radius 2 is 2.10 bits per heavy atom. The minimum atomic E-state index is -0.150. The molecule has 0 radical (unpaired) electrons. The smallest absolute Gasteiger partial charge is 0.133 e. The van der Waals surface area contributed by atoms with E-state index in [1.807, 2.05) is 25.1 Å². The van der Waals surface area contributed by atoms with Crippen LogP contribution in [0.4, 0.5) is 10.2 Å². The summed E-state index contributed by atoms with van der Waals surface area (Å²) in [7, 11) is 0. The molecular formula is C16H18FN3. The molecule has 1 aliphatic rings. The van der Waals surface area contributed by atoms with Gasteiger partial charge in [-0.1, -0.05) is 18.2 Å². The van der Waals surface area contributed by atoms with Gasteiger partial charge in [-0.3, -0.25) is 0 Å². The Bertz CT molecular complexity index is 596. The molecule has 0 aliphatic heterocycles. The highest BCUT2D eigenvalue weighted by atomic mass is 19.1. The van der Waals surface area contributed by atoms with Gasteiger partial charge in [0.25, 0.3) is 0 Å². The zero-order chi connectivity index (χ0) is 13.9. The van der Waals surface area contributed by atoms with Gasteiger partial charge in [0.2, 0.25) is 0 Å². The molecule has 3 nitrogen and oxygen atoms in total. The van der Waals surface area contributed by atoms with Crippen molar-refractivity contribution in [3.63, 3.8) is 0 Å². The summed E-state index contributed by atoms with van der Waals surface area (Å²) in [6, 6.07) is 8.88. The summed E-state index contributed by atoms with van der Waals surface area (Å²) < 4.78 is 13.6. The van der Waals surface area contributed by atoms with E-state index in [9.17, 15) is 4.39 Å². The number of rotatable bonds is 5. The predicted molar refractivity (Wildman–Crippen MR) is 77.2 cm³/mol. The van der Waals surface area contributed by atoms with Gasteiger partial charge in [0.05, 0.1) is 0 Å². The fourth-order valence-corrected chi connectivity index (χ4v) is 2.29. The molecular weight excluding hydrogens is 253 g/mol. The number of nitrogens with one attached hydrogen (secondary N) is 1. The number of halogens is 1. The summed E-state index contributed by atoms with van der Waals surface area (Å²) >= 11 is 0. The van der Waals surface area contributed by atoms with Crippen molar-refractivity contribution in [2.24, 2.45) is 0 Å². The van der Waals surface area contributed by atoms with Crippen LogP contribution in [0.15, 0.2) is 36.5 Å². The molecule has 4 heteroatoms. The van der Waals surface area contributed by atoms with Gasteiger partial charge in [0.15, 0.2) is 0 Å². The minimum absolute atomic E-state index is 0.119. The molecule has 0 spiro atoms. The van der Waals surface area contributed by atoms with Crippen molar-refractivity contribution in [1.82, 2.24) is 9.97 Å². The van der Waals surface area contributed by atoms with Crippen molar-refractivity contribution in [3.8, 4) is 0 Å². The quantitative estimate of drug-likeness (QED) is 0.904. The van der Waals surface area contributed by atoms with Gasteiger partial charge < -0.3 is 5.32 Å². The molecule has 20 heavy (non-hydrogen) atoms. The Kier molecular flexibility index (Phi) is 3.63. The Balaban J connectivity index is 1.65. The average molecular weight is 271 g/mol. The van der Waals surface area contributed by atoms with E-state index in [0.717, 1.165) is 17.2 Å². The second kappa shape index (κ2) is 5.57. The van der Waals surface area contributed by atoms with Crippen LogP contribution in [0.25, 0.3) is 0 Å². The Morgan fingerprint density at radius 3 is 2.85 bits per heavy atom. The molecule has 1 atom stereocenters. The lowest BCUT2D eigenvalue weighted by Crippen LogP contribution is -2.19. The largest absolute Gasteiger partial charge is 0.367 e. The van der Waals surface area contributed by atoms with Crippen molar-refractivity contribution in [2.45, 2.75) is 38.1 Å². The molecule has 2 aromatic rings. The average Bonchev–Trinajstić information content (AvgIpc) is 3.26. The van der Waals surface area contributed by atoms with Crippen LogP contribution in [0.2, 0.25) is 0 Å². The zero-order valence-corrected chi connectivity index (χ0v) is 11.5. The number of hydrogen-bond donors (Lipinski definition) is 1. The van der Waals surface area contributed by atoms with Gasteiger partial charge in [0.1, 0.15) is 17.5 Å². The lowest BCUT2D eigenvalue weighted by molar-refractivity contribution is 0.601. The number of aromatic nitrogens is 2. The maximum atomic E-state index is 13.6. The topological polar surface area (TPSA) is 37.8 Å². The van der Waals surface area contributed by atoms with Crippen LogP contribution in [0.1, 0.15) is 37.1 Å². The molecule has 0 bridgehead atoms. The van der Waals surface area contributed by atoms with E-state index in [0.29, 0.717) is 12.3 Å². The van der Waals surface area contributed by atoms with Crippen LogP contribution in [0, 0.1) is 5.82 Å². The lowest BCUT2D eigenvalue weighted by Gasteiger charge is -2.15. The summed E-state index contributed by atoms with van der Waals surface area (Å²) in [4.78, 5) is 8.82. The third-order valence-corrected chi connectivity index (χ3v) is 3.49. The van der Waals surface area contributed by atoms with E-state index in [2.05, 4.69) is 15.3 Å². The van der Waals surface area contributed by atoms with Crippen molar-refractivity contribution in [3.05, 3.63) is 53.7 Å². The molecule has 1 N–H and O–H groups in total. The standard InChI is InChI=1S/C16H18FN3/c1-11(10-13-4-2-3-5-14(13)17)19-15-8-9-18-16(20-15)12-6-7-12/h2-5,8-9,11-12H,6-7,10H2,1H3,(H,18,19,20). The Labute approximate surface area is 118 Å². The van der Waals surface area contributed by atoms with E-state index in [4.69, 9.17) is 0 Å². The minimum Gasteiger partial charge on any atom is -0.367 e. The highest BCUT2D eigenvalue weighted by molar-refractivity contribution is 5.35. The number of nitrogens with zero attached hydrogens (tertiary/aromatic N) is 2. The molecule has 1 aromatic heterocycles. The van der Waals surface area contributed by atoms with Crippen molar-refractivity contribution >= 4 is 5.82 Å². The predicted octanol–water partition coefficient (Wildman–Crippen LogP) is 3.54. The van der Waals surface area contributed by atoms with Gasteiger partial charge >= 0.3 is 0 Å². The second-order valence-corrected chi connectivity index (χ2v) is 5.42. The van der Waals surface area contributed by atoms with Crippen molar-refractivity contribution < 1.29 is 4.39 Å². The lowest BCUT2D eigenvalue weighted by atomic mass is 10.1. The fourth-order valence-electron chi connectivity index (χ4n) is 2.29. The number of hydrogen-bond acceptors (Lipinski definition) is 3. The van der Waals surface area contributed by atoms with Gasteiger partial charge in [0, 0.05) is 18.2 Å². The number of benzene rings is 1. The van der Waals surface area contributed by atoms with Gasteiger partial charge in [-0.2, -0.15) is 0 Å². The van der Waals surface area contributed by atoms with E-state index in [1.54, 1.807) is 12.3 Å². The fraction of sp³-hybridized carbons (Fsp3) is 0.375. The second-order valence-electron chi connectivity index (χ2n) is 5.42. The summed E-state index contributed by atoms with van der Waals surface area (Å²) in [6.07, 6.45) is 4.80. The SMILES string of the molecule is CC(Cc1ccccc1F)Nc1ccnc(C2CC2)n1. The van der Waals surface area contributed by atoms with Crippen molar-refractivity contribution in [1.29, 1.82) is 0 Å². The van der Waals surface area contributed by atoms with Crippen LogP contribution in [-0.2, 0) is 6.42 Å². The highest BCUT2D eigenvalue weighted by Gasteiger charge is 2.26. The van der Waals surface area contributed by atoms with Gasteiger partial charge in [-0.25, -0.2) is 14.4 Å². The van der Waals surface area contributed by atoms with Crippen LogP contribution in [0.5, 0.6) is 0 Å². The third-order valence-electron chi connectivity index (χ3n) is 3.49. The molecule has 0 amide bonds. The molecule has 1 aromatic carbocycles. The maximum Gasteiger partial charge on any atom is 0.133 e. The molecule has 1 heterocycles. The summed E-state index contributed by atoms with van der Waals surface area (Å²) in [5, 5.41) is 3.32. The van der Waals surface area contributed by atoms with Crippen molar-refractivity contribution in [2.75, 3.05) is 5.32 Å². The Hall–Kier alpha value is -1.97. The molecule has 104 valence electrons. The summed E-state index contributed by atoms with van der Waals surface area (Å²) in [5.41, 5.74) is 0.726. The summed E-state index contributed by atoms with van der Waals surface area (Å²) in [5.74, 6) is 2.14. The Morgan fingerprint density at radius 1 is 1.30 bits per heavy atom. The number of anilines is 1. The maximum absolute atomic E-state index is 13.6. The highest BCUT2D eigenvalue weighted by Crippen LogP contribution is 2.38. The third kappa shape index (κ3) is 3.13. The molecule has 3 rings (SSSR count). The van der Waals surface area contributed by atoms with Crippen LogP contribution >= 0.6 is 0 Å².